The lowest BCUT2D eigenvalue weighted by Crippen LogP contribution is -2.24. The number of hydrogen-bond acceptors (Lipinski definition) is 5. The summed E-state index contributed by atoms with van der Waals surface area (Å²) >= 11 is 0. The zero-order valence-corrected chi connectivity index (χ0v) is 15.7. The van der Waals surface area contributed by atoms with Crippen LogP contribution < -0.4 is 0 Å². The fraction of sp³-hybridized carbons (Fsp3) is 0.273. The first-order valence-corrected chi connectivity index (χ1v) is 8.88. The van der Waals surface area contributed by atoms with E-state index in [0.29, 0.717) is 16.7 Å². The van der Waals surface area contributed by atoms with Gasteiger partial charge in [0.05, 0.1) is 6.61 Å². The third-order valence-electron chi connectivity index (χ3n) is 4.47. The predicted octanol–water partition coefficient (Wildman–Crippen LogP) is 4.57. The SMILES string of the molecule is CCc1ccc(C(=O)[C@H](C)OC(=O)c2oc3ccccc3c2COC)cc1. The molecule has 27 heavy (non-hydrogen) atoms. The zero-order valence-electron chi connectivity index (χ0n) is 15.7. The number of fused-ring (bicyclic) bond motifs is 1. The van der Waals surface area contributed by atoms with Crippen LogP contribution in [-0.4, -0.2) is 25.0 Å². The Morgan fingerprint density at radius 1 is 1.07 bits per heavy atom. The molecule has 0 saturated carbocycles. The van der Waals surface area contributed by atoms with Crippen LogP contribution in [0.25, 0.3) is 11.0 Å². The van der Waals surface area contributed by atoms with Crippen molar-refractivity contribution in [1.29, 1.82) is 0 Å². The van der Waals surface area contributed by atoms with Crippen molar-refractivity contribution in [3.63, 3.8) is 0 Å². The zero-order chi connectivity index (χ0) is 19.4. The van der Waals surface area contributed by atoms with Crippen molar-refractivity contribution < 1.29 is 23.5 Å². The summed E-state index contributed by atoms with van der Waals surface area (Å²) in [6, 6.07) is 14.6. The van der Waals surface area contributed by atoms with Gasteiger partial charge in [-0.25, -0.2) is 4.79 Å². The summed E-state index contributed by atoms with van der Waals surface area (Å²) in [7, 11) is 1.54. The third-order valence-corrected chi connectivity index (χ3v) is 4.47. The normalized spacial score (nSPS) is 12.1. The average molecular weight is 366 g/mol. The molecule has 0 saturated heterocycles. The molecular formula is C22H22O5. The molecule has 2 aromatic carbocycles. The van der Waals surface area contributed by atoms with Crippen LogP contribution in [0.5, 0.6) is 0 Å². The van der Waals surface area contributed by atoms with E-state index in [9.17, 15) is 9.59 Å². The summed E-state index contributed by atoms with van der Waals surface area (Å²) in [6.07, 6.45) is -0.0264. The van der Waals surface area contributed by atoms with Gasteiger partial charge in [0.15, 0.2) is 6.10 Å². The van der Waals surface area contributed by atoms with Crippen molar-refractivity contribution >= 4 is 22.7 Å². The predicted molar refractivity (Wildman–Crippen MR) is 102 cm³/mol. The van der Waals surface area contributed by atoms with E-state index in [0.717, 1.165) is 17.4 Å². The Morgan fingerprint density at radius 2 is 1.78 bits per heavy atom. The molecule has 0 radical (unpaired) electrons. The maximum absolute atomic E-state index is 12.6. The summed E-state index contributed by atoms with van der Waals surface area (Å²) < 4.78 is 16.2. The Morgan fingerprint density at radius 3 is 2.44 bits per heavy atom. The van der Waals surface area contributed by atoms with Gasteiger partial charge in [0.2, 0.25) is 11.5 Å². The van der Waals surface area contributed by atoms with Gasteiger partial charge in [-0.2, -0.15) is 0 Å². The summed E-state index contributed by atoms with van der Waals surface area (Å²) in [5.74, 6) is -0.862. The van der Waals surface area contributed by atoms with Gasteiger partial charge in [-0.15, -0.1) is 0 Å². The average Bonchev–Trinajstić information content (AvgIpc) is 3.06. The van der Waals surface area contributed by atoms with E-state index >= 15 is 0 Å². The van der Waals surface area contributed by atoms with Gasteiger partial charge in [0.25, 0.3) is 0 Å². The lowest BCUT2D eigenvalue weighted by Gasteiger charge is -2.12. The highest BCUT2D eigenvalue weighted by Gasteiger charge is 2.26. The van der Waals surface area contributed by atoms with Crippen molar-refractivity contribution in [3.05, 3.63) is 71.0 Å². The van der Waals surface area contributed by atoms with E-state index in [1.807, 2.05) is 37.3 Å². The number of ketones is 1. The topological polar surface area (TPSA) is 65.7 Å². The monoisotopic (exact) mass is 366 g/mol. The van der Waals surface area contributed by atoms with Crippen LogP contribution in [0.1, 0.15) is 45.9 Å². The number of Topliss-reactive ketones (excluding diaryl/α,β-unsaturated/α-hetero) is 1. The van der Waals surface area contributed by atoms with Crippen molar-refractivity contribution in [1.82, 2.24) is 0 Å². The number of carbonyl (C=O) groups excluding carboxylic acids is 2. The molecule has 1 atom stereocenters. The number of esters is 1. The Labute approximate surface area is 157 Å². The number of ether oxygens (including phenoxy) is 2. The maximum atomic E-state index is 12.6. The highest BCUT2D eigenvalue weighted by Crippen LogP contribution is 2.27. The molecule has 0 fully saturated rings. The van der Waals surface area contributed by atoms with Gasteiger partial charge in [-0.3, -0.25) is 4.79 Å². The summed E-state index contributed by atoms with van der Waals surface area (Å²) in [6.45, 7) is 3.82. The fourth-order valence-corrected chi connectivity index (χ4v) is 2.96. The molecular weight excluding hydrogens is 344 g/mol. The summed E-state index contributed by atoms with van der Waals surface area (Å²) in [4.78, 5) is 25.2. The minimum absolute atomic E-state index is 0.0685. The van der Waals surface area contributed by atoms with Crippen LogP contribution >= 0.6 is 0 Å². The number of aryl methyl sites for hydroxylation is 1. The molecule has 0 bridgehead atoms. The van der Waals surface area contributed by atoms with E-state index in [2.05, 4.69) is 0 Å². The Kier molecular flexibility index (Phi) is 5.72. The Hall–Kier alpha value is -2.92. The third kappa shape index (κ3) is 3.93. The highest BCUT2D eigenvalue weighted by molar-refractivity contribution is 6.02. The molecule has 0 aliphatic heterocycles. The lowest BCUT2D eigenvalue weighted by atomic mass is 10.0. The summed E-state index contributed by atoms with van der Waals surface area (Å²) in [5.41, 5.74) is 2.84. The molecule has 0 N–H and O–H groups in total. The molecule has 0 amide bonds. The number of carbonyl (C=O) groups is 2. The van der Waals surface area contributed by atoms with Gasteiger partial charge >= 0.3 is 5.97 Å². The fourth-order valence-electron chi connectivity index (χ4n) is 2.96. The van der Waals surface area contributed by atoms with Crippen molar-refractivity contribution in [2.75, 3.05) is 7.11 Å². The van der Waals surface area contributed by atoms with Gasteiger partial charge in [0.1, 0.15) is 5.58 Å². The molecule has 0 aliphatic rings. The molecule has 5 heteroatoms. The Balaban J connectivity index is 1.80. The van der Waals surface area contributed by atoms with Crippen molar-refractivity contribution in [2.24, 2.45) is 0 Å². The molecule has 1 heterocycles. The number of methoxy groups -OCH3 is 1. The number of rotatable bonds is 7. The van der Waals surface area contributed by atoms with E-state index in [1.54, 1.807) is 32.2 Å². The number of furan rings is 1. The highest BCUT2D eigenvalue weighted by atomic mass is 16.6. The number of benzene rings is 2. The largest absolute Gasteiger partial charge is 0.449 e. The van der Waals surface area contributed by atoms with Gasteiger partial charge in [-0.1, -0.05) is 49.4 Å². The van der Waals surface area contributed by atoms with Crippen LogP contribution in [0.15, 0.2) is 52.9 Å². The van der Waals surface area contributed by atoms with Gasteiger partial charge in [-0.05, 0) is 25.0 Å². The van der Waals surface area contributed by atoms with E-state index < -0.39 is 12.1 Å². The van der Waals surface area contributed by atoms with Crippen LogP contribution in [0.3, 0.4) is 0 Å². The molecule has 1 aromatic heterocycles. The Bertz CT molecular complexity index is 952. The van der Waals surface area contributed by atoms with Crippen LogP contribution in [0.2, 0.25) is 0 Å². The molecule has 140 valence electrons. The standard InChI is InChI=1S/C22H22O5/c1-4-15-9-11-16(12-10-15)20(23)14(2)26-22(24)21-18(13-25-3)17-7-5-6-8-19(17)27-21/h5-12,14H,4,13H2,1-3H3/t14-/m0/s1. The molecule has 0 spiro atoms. The second-order valence-corrected chi connectivity index (χ2v) is 6.30. The van der Waals surface area contributed by atoms with E-state index in [-0.39, 0.29) is 18.2 Å². The molecule has 3 rings (SSSR count). The minimum Gasteiger partial charge on any atom is -0.449 e. The minimum atomic E-state index is -0.923. The second-order valence-electron chi connectivity index (χ2n) is 6.30. The first kappa shape index (κ1) is 18.9. The second kappa shape index (κ2) is 8.18. The van der Waals surface area contributed by atoms with Gasteiger partial charge in [0, 0.05) is 23.6 Å². The summed E-state index contributed by atoms with van der Waals surface area (Å²) in [5, 5.41) is 0.792. The molecule has 3 aromatic rings. The van der Waals surface area contributed by atoms with Crippen molar-refractivity contribution in [2.45, 2.75) is 33.0 Å². The van der Waals surface area contributed by atoms with Crippen molar-refractivity contribution in [3.8, 4) is 0 Å². The van der Waals surface area contributed by atoms with E-state index in [1.165, 1.54) is 0 Å². The van der Waals surface area contributed by atoms with Gasteiger partial charge < -0.3 is 13.9 Å². The van der Waals surface area contributed by atoms with Crippen LogP contribution in [0.4, 0.5) is 0 Å². The number of para-hydroxylation sites is 1. The van der Waals surface area contributed by atoms with E-state index in [4.69, 9.17) is 13.9 Å². The van der Waals surface area contributed by atoms with Crippen LogP contribution in [0, 0.1) is 0 Å². The first-order chi connectivity index (χ1) is 13.0. The smallest absolute Gasteiger partial charge is 0.375 e. The lowest BCUT2D eigenvalue weighted by molar-refractivity contribution is 0.0286. The molecule has 0 aliphatic carbocycles. The number of hydrogen-bond donors (Lipinski definition) is 0. The van der Waals surface area contributed by atoms with Crippen LogP contribution in [-0.2, 0) is 22.5 Å². The quantitative estimate of drug-likeness (QED) is 0.453. The molecule has 5 nitrogen and oxygen atoms in total. The molecule has 0 unspecified atom stereocenters. The first-order valence-electron chi connectivity index (χ1n) is 8.88. The maximum Gasteiger partial charge on any atom is 0.375 e.